The van der Waals surface area contributed by atoms with Gasteiger partial charge in [-0.05, 0) is 19.9 Å². The van der Waals surface area contributed by atoms with Gasteiger partial charge in [0.25, 0.3) is 0 Å². The summed E-state index contributed by atoms with van der Waals surface area (Å²) in [5.74, 6) is -0.403. The first-order valence-electron chi connectivity index (χ1n) is 6.64. The molecular formula is C15H18ClFN2OS. The molecule has 2 aromatic rings. The van der Waals surface area contributed by atoms with Gasteiger partial charge in [-0.3, -0.25) is 0 Å². The molecule has 0 radical (unpaired) electrons. The summed E-state index contributed by atoms with van der Waals surface area (Å²) in [4.78, 5) is 5.67. The van der Waals surface area contributed by atoms with E-state index < -0.39 is 5.82 Å². The van der Waals surface area contributed by atoms with Crippen LogP contribution in [0.5, 0.6) is 0 Å². The Morgan fingerprint density at radius 1 is 1.43 bits per heavy atom. The fourth-order valence-electron chi connectivity index (χ4n) is 2.00. The van der Waals surface area contributed by atoms with E-state index in [-0.39, 0.29) is 11.1 Å². The molecule has 0 fully saturated rings. The van der Waals surface area contributed by atoms with E-state index in [0.29, 0.717) is 18.7 Å². The summed E-state index contributed by atoms with van der Waals surface area (Å²) >= 11 is 7.46. The molecule has 114 valence electrons. The highest BCUT2D eigenvalue weighted by Gasteiger charge is 2.22. The maximum Gasteiger partial charge on any atom is 0.146 e. The number of rotatable bonds is 6. The molecule has 0 saturated heterocycles. The van der Waals surface area contributed by atoms with Crippen molar-refractivity contribution in [2.24, 2.45) is 0 Å². The zero-order chi connectivity index (χ0) is 15.4. The van der Waals surface area contributed by atoms with Crippen LogP contribution in [0.3, 0.4) is 0 Å². The van der Waals surface area contributed by atoms with Gasteiger partial charge in [-0.15, -0.1) is 11.3 Å². The minimum atomic E-state index is -0.403. The van der Waals surface area contributed by atoms with Gasteiger partial charge in [-0.1, -0.05) is 23.7 Å². The van der Waals surface area contributed by atoms with Crippen LogP contribution < -0.4 is 5.32 Å². The Morgan fingerprint density at radius 2 is 2.19 bits per heavy atom. The largest absolute Gasteiger partial charge is 0.383 e. The molecule has 1 atom stereocenters. The van der Waals surface area contributed by atoms with E-state index in [1.54, 1.807) is 36.6 Å². The molecule has 1 aromatic carbocycles. The normalized spacial score (nSPS) is 12.6. The lowest BCUT2D eigenvalue weighted by Gasteiger charge is -2.18. The molecule has 2 rings (SSSR count). The molecule has 0 saturated carbocycles. The van der Waals surface area contributed by atoms with Crippen LogP contribution in [-0.4, -0.2) is 25.2 Å². The summed E-state index contributed by atoms with van der Waals surface area (Å²) < 4.78 is 19.4. The third kappa shape index (κ3) is 3.80. The molecule has 0 bridgehead atoms. The first-order valence-corrected chi connectivity index (χ1v) is 7.84. The molecule has 3 nitrogen and oxygen atoms in total. The predicted molar refractivity (Wildman–Crippen MR) is 84.7 cm³/mol. The molecule has 1 aromatic heterocycles. The number of ether oxygens (including phenoxy) is 1. The Kier molecular flexibility index (Phi) is 5.70. The van der Waals surface area contributed by atoms with E-state index in [9.17, 15) is 4.39 Å². The summed E-state index contributed by atoms with van der Waals surface area (Å²) in [7, 11) is 1.63. The quantitative estimate of drug-likeness (QED) is 0.817. The molecule has 0 aliphatic carbocycles. The van der Waals surface area contributed by atoms with E-state index in [4.69, 9.17) is 16.3 Å². The number of hydrogen-bond acceptors (Lipinski definition) is 4. The van der Waals surface area contributed by atoms with E-state index in [2.05, 4.69) is 10.3 Å². The van der Waals surface area contributed by atoms with Gasteiger partial charge in [0.2, 0.25) is 0 Å². The van der Waals surface area contributed by atoms with Gasteiger partial charge in [-0.25, -0.2) is 9.37 Å². The van der Waals surface area contributed by atoms with Crippen molar-refractivity contribution in [3.8, 4) is 0 Å². The lowest BCUT2D eigenvalue weighted by molar-refractivity contribution is 0.197. The summed E-state index contributed by atoms with van der Waals surface area (Å²) in [5, 5.41) is 4.24. The van der Waals surface area contributed by atoms with E-state index in [1.807, 2.05) is 13.8 Å². The van der Waals surface area contributed by atoms with Crippen molar-refractivity contribution >= 4 is 22.9 Å². The van der Waals surface area contributed by atoms with Crippen molar-refractivity contribution in [2.45, 2.75) is 19.9 Å². The molecule has 1 N–H and O–H groups in total. The fraction of sp³-hybridized carbons (Fsp3) is 0.400. The molecule has 0 aliphatic heterocycles. The third-order valence-electron chi connectivity index (χ3n) is 3.24. The van der Waals surface area contributed by atoms with Gasteiger partial charge in [0.15, 0.2) is 0 Å². The lowest BCUT2D eigenvalue weighted by atomic mass is 10.1. The van der Waals surface area contributed by atoms with Crippen LogP contribution >= 0.6 is 22.9 Å². The molecule has 1 unspecified atom stereocenters. The van der Waals surface area contributed by atoms with Gasteiger partial charge in [0.05, 0.1) is 23.4 Å². The van der Waals surface area contributed by atoms with Gasteiger partial charge in [0, 0.05) is 24.1 Å². The van der Waals surface area contributed by atoms with E-state index in [1.165, 1.54) is 0 Å². The second-order valence-corrected chi connectivity index (χ2v) is 6.36. The molecule has 1 heterocycles. The Labute approximate surface area is 133 Å². The number of halogens is 2. The second kappa shape index (κ2) is 7.31. The minimum absolute atomic E-state index is 0.121. The van der Waals surface area contributed by atoms with Crippen molar-refractivity contribution in [1.29, 1.82) is 0 Å². The van der Waals surface area contributed by atoms with Crippen LogP contribution in [-0.2, 0) is 4.74 Å². The highest BCUT2D eigenvalue weighted by molar-refractivity contribution is 7.11. The Balaban J connectivity index is 2.37. The predicted octanol–water partition coefficient (Wildman–Crippen LogP) is 3.88. The summed E-state index contributed by atoms with van der Waals surface area (Å²) in [6.45, 7) is 5.11. The smallest absolute Gasteiger partial charge is 0.146 e. The summed E-state index contributed by atoms with van der Waals surface area (Å²) in [6, 6.07) is 4.71. The highest BCUT2D eigenvalue weighted by atomic mass is 35.5. The topological polar surface area (TPSA) is 34.1 Å². The number of nitrogens with one attached hydrogen (secondary N) is 1. The van der Waals surface area contributed by atoms with Gasteiger partial charge < -0.3 is 10.1 Å². The molecule has 0 amide bonds. The number of aryl methyl sites for hydroxylation is 2. The number of benzene rings is 1. The molecule has 6 heteroatoms. The zero-order valence-corrected chi connectivity index (χ0v) is 13.8. The van der Waals surface area contributed by atoms with Crippen molar-refractivity contribution < 1.29 is 9.13 Å². The maximum atomic E-state index is 14.3. The number of methoxy groups -OCH3 is 1. The molecular weight excluding hydrogens is 311 g/mol. The van der Waals surface area contributed by atoms with Gasteiger partial charge in [-0.2, -0.15) is 0 Å². The average molecular weight is 329 g/mol. The molecule has 21 heavy (non-hydrogen) atoms. The first-order chi connectivity index (χ1) is 10.0. The van der Waals surface area contributed by atoms with E-state index in [0.717, 1.165) is 15.6 Å². The van der Waals surface area contributed by atoms with Gasteiger partial charge in [0.1, 0.15) is 10.8 Å². The number of nitrogens with zero attached hydrogens (tertiary/aromatic N) is 1. The number of aromatic nitrogens is 1. The SMILES string of the molecule is COCCNC(c1nc(C)c(C)s1)c1cccc(Cl)c1F. The average Bonchev–Trinajstić information content (AvgIpc) is 2.78. The maximum absolute atomic E-state index is 14.3. The second-order valence-electron chi connectivity index (χ2n) is 4.72. The van der Waals surface area contributed by atoms with E-state index >= 15 is 0 Å². The monoisotopic (exact) mass is 328 g/mol. The Hall–Kier alpha value is -1.01. The standard InChI is InChI=1S/C15H18ClFN2OS/c1-9-10(2)21-15(19-9)14(18-7-8-20-3)11-5-4-6-12(16)13(11)17/h4-6,14,18H,7-8H2,1-3H3. The van der Waals surface area contributed by atoms with Crippen LogP contribution in [0, 0.1) is 19.7 Å². The number of thiazole rings is 1. The summed E-state index contributed by atoms with van der Waals surface area (Å²) in [6.07, 6.45) is 0. The lowest BCUT2D eigenvalue weighted by Crippen LogP contribution is -2.26. The third-order valence-corrected chi connectivity index (χ3v) is 4.67. The molecule has 0 aliphatic rings. The Bertz CT molecular complexity index is 598. The molecule has 0 spiro atoms. The van der Waals surface area contributed by atoms with Crippen molar-refractivity contribution in [1.82, 2.24) is 10.3 Å². The van der Waals surface area contributed by atoms with Crippen molar-refractivity contribution in [2.75, 3.05) is 20.3 Å². The van der Waals surface area contributed by atoms with Crippen LogP contribution in [0.4, 0.5) is 4.39 Å². The highest BCUT2D eigenvalue weighted by Crippen LogP contribution is 2.31. The first kappa shape index (κ1) is 16.4. The van der Waals surface area contributed by atoms with Gasteiger partial charge >= 0.3 is 0 Å². The van der Waals surface area contributed by atoms with Crippen LogP contribution in [0.1, 0.15) is 27.2 Å². The summed E-state index contributed by atoms with van der Waals surface area (Å²) in [5.41, 5.74) is 1.48. The zero-order valence-electron chi connectivity index (χ0n) is 12.2. The minimum Gasteiger partial charge on any atom is -0.383 e. The van der Waals surface area contributed by atoms with Crippen molar-refractivity contribution in [3.63, 3.8) is 0 Å². The van der Waals surface area contributed by atoms with Crippen LogP contribution in [0.2, 0.25) is 5.02 Å². The fourth-order valence-corrected chi connectivity index (χ4v) is 3.20. The van der Waals surface area contributed by atoms with Crippen molar-refractivity contribution in [3.05, 3.63) is 50.2 Å². The Morgan fingerprint density at radius 3 is 2.81 bits per heavy atom. The van der Waals surface area contributed by atoms with Crippen LogP contribution in [0.15, 0.2) is 18.2 Å². The number of hydrogen-bond donors (Lipinski definition) is 1. The van der Waals surface area contributed by atoms with Crippen LogP contribution in [0.25, 0.3) is 0 Å².